The van der Waals surface area contributed by atoms with Crippen molar-refractivity contribution >= 4 is 43.2 Å². The summed E-state index contributed by atoms with van der Waals surface area (Å²) in [6, 6.07) is 17.5. The molecule has 0 bridgehead atoms. The van der Waals surface area contributed by atoms with Crippen molar-refractivity contribution in [2.75, 3.05) is 0 Å². The molecule has 1 atom stereocenters. The number of rotatable bonds is 5. The molecule has 35 heavy (non-hydrogen) atoms. The molecule has 0 spiro atoms. The molecule has 0 radical (unpaired) electrons. The Balaban J connectivity index is 1.48. The molecule has 1 aliphatic heterocycles. The van der Waals surface area contributed by atoms with Gasteiger partial charge in [0.2, 0.25) is 10.0 Å². The number of fused-ring (bicyclic) bond motifs is 2. The first-order valence-electron chi connectivity index (χ1n) is 11.2. The molecular weight excluding hydrogens is 504 g/mol. The van der Waals surface area contributed by atoms with Crippen LogP contribution >= 0.6 is 22.9 Å². The Bertz CT molecular complexity index is 1610. The van der Waals surface area contributed by atoms with E-state index in [1.807, 2.05) is 57.2 Å². The maximum absolute atomic E-state index is 13.4. The van der Waals surface area contributed by atoms with Gasteiger partial charge >= 0.3 is 4.87 Å². The quantitative estimate of drug-likeness (QED) is 0.363. The smallest absolute Gasteiger partial charge is 0.308 e. The zero-order valence-electron chi connectivity index (χ0n) is 19.5. The summed E-state index contributed by atoms with van der Waals surface area (Å²) in [5.41, 5.74) is 2.83. The van der Waals surface area contributed by atoms with Gasteiger partial charge in [0.15, 0.2) is 0 Å². The van der Waals surface area contributed by atoms with Gasteiger partial charge in [-0.3, -0.25) is 9.36 Å². The van der Waals surface area contributed by atoms with E-state index < -0.39 is 21.7 Å². The van der Waals surface area contributed by atoms with Crippen molar-refractivity contribution in [3.63, 3.8) is 0 Å². The summed E-state index contributed by atoms with van der Waals surface area (Å²) < 4.78 is 38.0. The minimum Gasteiger partial charge on any atom is -0.487 e. The number of aromatic nitrogens is 1. The fourth-order valence-corrected chi connectivity index (χ4v) is 6.94. The van der Waals surface area contributed by atoms with E-state index in [9.17, 15) is 13.2 Å². The second-order valence-corrected chi connectivity index (χ2v) is 12.6. The minimum absolute atomic E-state index is 0.120. The zero-order valence-corrected chi connectivity index (χ0v) is 21.9. The Hall–Kier alpha value is -2.65. The van der Waals surface area contributed by atoms with Gasteiger partial charge in [0.25, 0.3) is 0 Å². The topological polar surface area (TPSA) is 77.4 Å². The molecule has 0 amide bonds. The molecule has 1 unspecified atom stereocenters. The summed E-state index contributed by atoms with van der Waals surface area (Å²) in [6.07, 6.45) is 0.493. The SMILES string of the molecule is Cc1ccc2c(c1)C(NS(=O)(=O)c1ccc3c(c1)sc(=O)n3Cc1ccccc1Cl)CC(C)(C)O2. The molecule has 0 saturated heterocycles. The number of nitrogens with zero attached hydrogens (tertiary/aromatic N) is 1. The Morgan fingerprint density at radius 2 is 1.91 bits per heavy atom. The molecule has 182 valence electrons. The van der Waals surface area contributed by atoms with E-state index in [0.717, 1.165) is 28.0 Å². The number of ether oxygens (including phenoxy) is 1. The fraction of sp³-hybridized carbons (Fsp3) is 0.269. The Labute approximate surface area is 213 Å². The lowest BCUT2D eigenvalue weighted by Gasteiger charge is -2.38. The number of nitrogens with one attached hydrogen (secondary N) is 1. The molecule has 6 nitrogen and oxygen atoms in total. The molecule has 3 aromatic carbocycles. The first kappa shape index (κ1) is 24.1. The van der Waals surface area contributed by atoms with Crippen LogP contribution in [0.2, 0.25) is 5.02 Å². The molecule has 1 aliphatic rings. The molecule has 4 aromatic rings. The zero-order chi connectivity index (χ0) is 25.0. The lowest BCUT2D eigenvalue weighted by molar-refractivity contribution is 0.0701. The van der Waals surface area contributed by atoms with Crippen LogP contribution in [0.4, 0.5) is 0 Å². The molecule has 0 aliphatic carbocycles. The maximum atomic E-state index is 13.4. The molecule has 2 heterocycles. The number of hydrogen-bond donors (Lipinski definition) is 1. The van der Waals surface area contributed by atoms with Gasteiger partial charge in [-0.25, -0.2) is 13.1 Å². The third kappa shape index (κ3) is 4.76. The highest BCUT2D eigenvalue weighted by Gasteiger charge is 2.36. The third-order valence-corrected chi connectivity index (χ3v) is 8.94. The van der Waals surface area contributed by atoms with Gasteiger partial charge in [-0.05, 0) is 56.7 Å². The Kier molecular flexibility index (Phi) is 6.04. The molecule has 0 saturated carbocycles. The average molecular weight is 529 g/mol. The van der Waals surface area contributed by atoms with Crippen LogP contribution in [-0.2, 0) is 16.6 Å². The van der Waals surface area contributed by atoms with Crippen molar-refractivity contribution in [2.45, 2.75) is 50.3 Å². The summed E-state index contributed by atoms with van der Waals surface area (Å²) in [5.74, 6) is 0.685. The van der Waals surface area contributed by atoms with Crippen molar-refractivity contribution in [1.29, 1.82) is 0 Å². The third-order valence-electron chi connectivity index (χ3n) is 6.16. The van der Waals surface area contributed by atoms with Gasteiger partial charge in [-0.2, -0.15) is 0 Å². The first-order chi connectivity index (χ1) is 16.5. The standard InChI is InChI=1S/C26H25ClN2O4S2/c1-16-8-11-23-19(12-16)21(14-26(2,3)33-23)28-35(31,32)18-9-10-22-24(13-18)34-25(30)29(22)15-17-6-4-5-7-20(17)27/h4-13,21,28H,14-15H2,1-3H3. The summed E-state index contributed by atoms with van der Waals surface area (Å²) in [5, 5.41) is 0.581. The average Bonchev–Trinajstić information content (AvgIpc) is 3.09. The van der Waals surface area contributed by atoms with E-state index in [1.165, 1.54) is 0 Å². The summed E-state index contributed by atoms with van der Waals surface area (Å²) in [6.45, 7) is 6.18. The highest BCUT2D eigenvalue weighted by Crippen LogP contribution is 2.40. The molecule has 9 heteroatoms. The van der Waals surface area contributed by atoms with Crippen LogP contribution in [-0.4, -0.2) is 18.6 Å². The van der Waals surface area contributed by atoms with E-state index >= 15 is 0 Å². The molecule has 0 fully saturated rings. The number of sulfonamides is 1. The number of halogens is 1. The van der Waals surface area contributed by atoms with Gasteiger partial charge in [-0.15, -0.1) is 0 Å². The van der Waals surface area contributed by atoms with E-state index in [0.29, 0.717) is 34.0 Å². The van der Waals surface area contributed by atoms with Crippen LogP contribution < -0.4 is 14.3 Å². The van der Waals surface area contributed by atoms with Crippen molar-refractivity contribution in [3.8, 4) is 5.75 Å². The van der Waals surface area contributed by atoms with Gasteiger partial charge in [0.05, 0.1) is 27.7 Å². The largest absolute Gasteiger partial charge is 0.487 e. The Morgan fingerprint density at radius 1 is 1.14 bits per heavy atom. The van der Waals surface area contributed by atoms with Crippen molar-refractivity contribution in [3.05, 3.63) is 92.0 Å². The summed E-state index contributed by atoms with van der Waals surface area (Å²) in [7, 11) is -3.86. The normalized spacial score (nSPS) is 17.2. The van der Waals surface area contributed by atoms with E-state index in [4.69, 9.17) is 16.3 Å². The predicted molar refractivity (Wildman–Crippen MR) is 140 cm³/mol. The monoisotopic (exact) mass is 528 g/mol. The fourth-order valence-electron chi connectivity index (χ4n) is 4.50. The number of hydrogen-bond acceptors (Lipinski definition) is 5. The summed E-state index contributed by atoms with van der Waals surface area (Å²) >= 11 is 7.30. The lowest BCUT2D eigenvalue weighted by Crippen LogP contribution is -2.41. The van der Waals surface area contributed by atoms with Crippen LogP contribution in [0.25, 0.3) is 10.2 Å². The highest BCUT2D eigenvalue weighted by molar-refractivity contribution is 7.89. The first-order valence-corrected chi connectivity index (χ1v) is 13.9. The highest BCUT2D eigenvalue weighted by atomic mass is 35.5. The van der Waals surface area contributed by atoms with E-state index in [-0.39, 0.29) is 9.77 Å². The summed E-state index contributed by atoms with van der Waals surface area (Å²) in [4.78, 5) is 12.7. The van der Waals surface area contributed by atoms with E-state index in [1.54, 1.807) is 28.8 Å². The van der Waals surface area contributed by atoms with E-state index in [2.05, 4.69) is 4.72 Å². The van der Waals surface area contributed by atoms with Gasteiger partial charge in [-0.1, -0.05) is 58.8 Å². The molecule has 1 N–H and O–H groups in total. The lowest BCUT2D eigenvalue weighted by atomic mass is 9.89. The number of aryl methyl sites for hydroxylation is 1. The second kappa shape index (κ2) is 8.78. The van der Waals surface area contributed by atoms with Crippen LogP contribution in [0, 0.1) is 6.92 Å². The van der Waals surface area contributed by atoms with Crippen molar-refractivity contribution in [1.82, 2.24) is 9.29 Å². The van der Waals surface area contributed by atoms with Crippen molar-refractivity contribution < 1.29 is 13.2 Å². The minimum atomic E-state index is -3.86. The van der Waals surface area contributed by atoms with Crippen LogP contribution in [0.5, 0.6) is 5.75 Å². The van der Waals surface area contributed by atoms with Gasteiger partial charge in [0, 0.05) is 17.0 Å². The maximum Gasteiger partial charge on any atom is 0.308 e. The predicted octanol–water partition coefficient (Wildman–Crippen LogP) is 5.65. The number of thiazole rings is 1. The van der Waals surface area contributed by atoms with Gasteiger partial charge < -0.3 is 4.74 Å². The van der Waals surface area contributed by atoms with Crippen LogP contribution in [0.3, 0.4) is 0 Å². The van der Waals surface area contributed by atoms with Crippen LogP contribution in [0.1, 0.15) is 43.0 Å². The molecule has 1 aromatic heterocycles. The van der Waals surface area contributed by atoms with Crippen molar-refractivity contribution in [2.24, 2.45) is 0 Å². The van der Waals surface area contributed by atoms with Gasteiger partial charge in [0.1, 0.15) is 11.4 Å². The second-order valence-electron chi connectivity index (χ2n) is 9.46. The molecule has 5 rings (SSSR count). The molecular formula is C26H25ClN2O4S2. The van der Waals surface area contributed by atoms with Crippen LogP contribution in [0.15, 0.2) is 70.4 Å². The Morgan fingerprint density at radius 3 is 2.69 bits per heavy atom. The number of benzene rings is 3.